The van der Waals surface area contributed by atoms with Crippen molar-refractivity contribution < 1.29 is 19.4 Å². The van der Waals surface area contributed by atoms with Crippen molar-refractivity contribution in [3.05, 3.63) is 43.2 Å². The number of hydrogen-bond donors (Lipinski definition) is 3. The fourth-order valence-electron chi connectivity index (χ4n) is 3.45. The summed E-state index contributed by atoms with van der Waals surface area (Å²) in [5.41, 5.74) is 2.04. The van der Waals surface area contributed by atoms with Gasteiger partial charge < -0.3 is 25.4 Å². The number of thiophene rings is 1. The van der Waals surface area contributed by atoms with Gasteiger partial charge in [0.15, 0.2) is 0 Å². The minimum Gasteiger partial charge on any atom is -0.506 e. The van der Waals surface area contributed by atoms with Crippen LogP contribution in [0.25, 0.3) is 0 Å². The molecule has 3 N–H and O–H groups in total. The second-order valence-electron chi connectivity index (χ2n) is 6.45. The number of carbonyl (C=O) groups excluding carboxylic acids is 2. The van der Waals surface area contributed by atoms with E-state index in [4.69, 9.17) is 16.3 Å². The molecule has 1 aromatic heterocycles. The highest BCUT2D eigenvalue weighted by Crippen LogP contribution is 2.43. The zero-order valence-electron chi connectivity index (χ0n) is 14.8. The minimum absolute atomic E-state index is 0.0143. The fraction of sp³-hybridized carbons (Fsp3) is 0.333. The average Bonchev–Trinajstić information content (AvgIpc) is 3.02. The molecule has 2 aromatic rings. The maximum Gasteiger partial charge on any atom is 0.410 e. The molecule has 2 aliphatic rings. The van der Waals surface area contributed by atoms with Crippen molar-refractivity contribution in [2.75, 3.05) is 18.5 Å². The Bertz CT molecular complexity index is 980. The summed E-state index contributed by atoms with van der Waals surface area (Å²) in [6, 6.07) is 3.20. The van der Waals surface area contributed by atoms with Gasteiger partial charge in [-0.2, -0.15) is 0 Å². The number of ether oxygens (including phenoxy) is 1. The van der Waals surface area contributed by atoms with Gasteiger partial charge in [-0.25, -0.2) is 4.79 Å². The van der Waals surface area contributed by atoms with Gasteiger partial charge in [-0.1, -0.05) is 11.6 Å². The average molecular weight is 487 g/mol. The van der Waals surface area contributed by atoms with Crippen LogP contribution in [0.3, 0.4) is 0 Å². The van der Waals surface area contributed by atoms with Gasteiger partial charge in [-0.15, -0.1) is 11.3 Å². The number of rotatable bonds is 2. The van der Waals surface area contributed by atoms with Gasteiger partial charge in [0.25, 0.3) is 5.91 Å². The number of benzene rings is 1. The molecule has 0 saturated carbocycles. The number of phenolic OH excluding ortho intramolecular Hbond substituents is 1. The SMILES string of the molecule is CCOC(=O)N1CCc2c(sc3c2C(=O)NC(c2cc(Cl)cc(Br)c2O)N3)C1. The summed E-state index contributed by atoms with van der Waals surface area (Å²) >= 11 is 10.8. The Hall–Kier alpha value is -1.97. The third kappa shape index (κ3) is 3.31. The molecule has 0 radical (unpaired) electrons. The number of nitrogens with zero attached hydrogens (tertiary/aromatic N) is 1. The molecule has 0 saturated heterocycles. The zero-order valence-corrected chi connectivity index (χ0v) is 18.0. The Morgan fingerprint density at radius 2 is 2.25 bits per heavy atom. The van der Waals surface area contributed by atoms with Crippen LogP contribution in [0.5, 0.6) is 5.75 Å². The van der Waals surface area contributed by atoms with Crippen molar-refractivity contribution in [3.8, 4) is 5.75 Å². The predicted octanol–water partition coefficient (Wildman–Crippen LogP) is 4.24. The normalized spacial score (nSPS) is 18.0. The van der Waals surface area contributed by atoms with Crippen LogP contribution in [0.4, 0.5) is 9.80 Å². The lowest BCUT2D eigenvalue weighted by atomic mass is 10.0. The smallest absolute Gasteiger partial charge is 0.410 e. The van der Waals surface area contributed by atoms with Crippen molar-refractivity contribution in [2.45, 2.75) is 26.1 Å². The van der Waals surface area contributed by atoms with E-state index < -0.39 is 6.17 Å². The highest BCUT2D eigenvalue weighted by atomic mass is 79.9. The van der Waals surface area contributed by atoms with Gasteiger partial charge in [-0.05, 0) is 47.0 Å². The number of nitrogens with one attached hydrogen (secondary N) is 2. The lowest BCUT2D eigenvalue weighted by molar-refractivity contribution is 0.0934. The Labute approximate surface area is 178 Å². The molecule has 0 spiro atoms. The Morgan fingerprint density at radius 3 is 3.00 bits per heavy atom. The molecule has 1 aromatic carbocycles. The van der Waals surface area contributed by atoms with Gasteiger partial charge in [0.2, 0.25) is 0 Å². The van der Waals surface area contributed by atoms with Crippen LogP contribution in [0.1, 0.15) is 39.5 Å². The molecular formula is C18H17BrClN3O4S. The maximum atomic E-state index is 12.8. The van der Waals surface area contributed by atoms with Crippen LogP contribution < -0.4 is 10.6 Å². The Morgan fingerprint density at radius 1 is 1.46 bits per heavy atom. The van der Waals surface area contributed by atoms with Crippen molar-refractivity contribution in [2.24, 2.45) is 0 Å². The molecule has 0 fully saturated rings. The van der Waals surface area contributed by atoms with E-state index in [2.05, 4.69) is 26.6 Å². The van der Waals surface area contributed by atoms with E-state index in [1.54, 1.807) is 24.0 Å². The number of anilines is 1. The first kappa shape index (κ1) is 19.4. The molecule has 2 amide bonds. The topological polar surface area (TPSA) is 90.9 Å². The van der Waals surface area contributed by atoms with Gasteiger partial charge >= 0.3 is 6.09 Å². The van der Waals surface area contributed by atoms with Crippen molar-refractivity contribution in [3.63, 3.8) is 0 Å². The van der Waals surface area contributed by atoms with Crippen molar-refractivity contribution in [1.29, 1.82) is 0 Å². The van der Waals surface area contributed by atoms with E-state index in [0.717, 1.165) is 15.4 Å². The molecule has 148 valence electrons. The quantitative estimate of drug-likeness (QED) is 0.591. The lowest BCUT2D eigenvalue weighted by Crippen LogP contribution is -2.39. The van der Waals surface area contributed by atoms with Gasteiger partial charge in [0, 0.05) is 22.0 Å². The van der Waals surface area contributed by atoms with Crippen LogP contribution >= 0.6 is 38.9 Å². The Balaban J connectivity index is 1.64. The number of hydrogen-bond acceptors (Lipinski definition) is 6. The standard InChI is InChI=1S/C18H17BrClN3O4S/c1-2-27-18(26)23-4-3-9-12(7-23)28-17-13(9)16(25)21-15(22-17)10-5-8(20)6-11(19)14(10)24/h5-6,15,22,24H,2-4,7H2,1H3,(H,21,25). The molecule has 0 bridgehead atoms. The van der Waals surface area contributed by atoms with E-state index in [0.29, 0.717) is 46.7 Å². The monoisotopic (exact) mass is 485 g/mol. The highest BCUT2D eigenvalue weighted by Gasteiger charge is 2.35. The van der Waals surface area contributed by atoms with E-state index in [1.807, 2.05) is 0 Å². The minimum atomic E-state index is -0.615. The van der Waals surface area contributed by atoms with Gasteiger partial charge in [0.1, 0.15) is 16.9 Å². The summed E-state index contributed by atoms with van der Waals surface area (Å²) in [5, 5.41) is 17.7. The molecule has 7 nitrogen and oxygen atoms in total. The number of aromatic hydroxyl groups is 1. The molecule has 4 rings (SSSR count). The van der Waals surface area contributed by atoms with Crippen LogP contribution in [-0.4, -0.2) is 35.2 Å². The van der Waals surface area contributed by atoms with Crippen LogP contribution in [0.2, 0.25) is 5.02 Å². The molecule has 3 heterocycles. The molecular weight excluding hydrogens is 470 g/mol. The fourth-order valence-corrected chi connectivity index (χ4v) is 5.57. The van der Waals surface area contributed by atoms with Crippen LogP contribution in [-0.2, 0) is 17.7 Å². The van der Waals surface area contributed by atoms with Crippen LogP contribution in [0.15, 0.2) is 16.6 Å². The summed E-state index contributed by atoms with van der Waals surface area (Å²) in [7, 11) is 0. The summed E-state index contributed by atoms with van der Waals surface area (Å²) in [6.07, 6.45) is -0.368. The second kappa shape index (κ2) is 7.46. The number of fused-ring (bicyclic) bond motifs is 3. The number of halogens is 2. The van der Waals surface area contributed by atoms with Crippen molar-refractivity contribution >= 4 is 55.9 Å². The van der Waals surface area contributed by atoms with Gasteiger partial charge in [-0.3, -0.25) is 4.79 Å². The summed E-state index contributed by atoms with van der Waals surface area (Å²) in [4.78, 5) is 27.5. The third-order valence-corrected chi connectivity index (χ3v) is 6.70. The highest BCUT2D eigenvalue weighted by molar-refractivity contribution is 9.10. The molecule has 1 unspecified atom stereocenters. The Kier molecular flexibility index (Phi) is 5.15. The van der Waals surface area contributed by atoms with Crippen molar-refractivity contribution in [1.82, 2.24) is 10.2 Å². The molecule has 1 atom stereocenters. The summed E-state index contributed by atoms with van der Waals surface area (Å²) in [5.74, 6) is -0.197. The molecule has 2 aliphatic heterocycles. The number of carbonyl (C=O) groups is 2. The first-order valence-electron chi connectivity index (χ1n) is 8.70. The predicted molar refractivity (Wildman–Crippen MR) is 110 cm³/mol. The van der Waals surface area contributed by atoms with E-state index in [9.17, 15) is 14.7 Å². The van der Waals surface area contributed by atoms with E-state index in [1.165, 1.54) is 11.3 Å². The zero-order chi connectivity index (χ0) is 20.0. The first-order valence-corrected chi connectivity index (χ1v) is 10.7. The molecule has 10 heteroatoms. The largest absolute Gasteiger partial charge is 0.506 e. The summed E-state index contributed by atoms with van der Waals surface area (Å²) < 4.78 is 5.53. The van der Waals surface area contributed by atoms with E-state index in [-0.39, 0.29) is 17.7 Å². The number of amides is 2. The molecule has 28 heavy (non-hydrogen) atoms. The second-order valence-corrected chi connectivity index (χ2v) is 8.85. The third-order valence-electron chi connectivity index (χ3n) is 4.73. The first-order chi connectivity index (χ1) is 13.4. The molecule has 0 aliphatic carbocycles. The maximum absolute atomic E-state index is 12.8. The summed E-state index contributed by atoms with van der Waals surface area (Å²) in [6.45, 7) is 3.02. The van der Waals surface area contributed by atoms with E-state index >= 15 is 0 Å². The van der Waals surface area contributed by atoms with Crippen LogP contribution in [0, 0.1) is 0 Å². The number of phenols is 1. The lowest BCUT2D eigenvalue weighted by Gasteiger charge is -2.28. The van der Waals surface area contributed by atoms with Gasteiger partial charge in [0.05, 0.1) is 23.2 Å².